The molecule has 0 amide bonds. The van der Waals surface area contributed by atoms with Gasteiger partial charge in [-0.15, -0.1) is 0 Å². The van der Waals surface area contributed by atoms with Crippen LogP contribution in [-0.2, 0) is 0 Å². The lowest BCUT2D eigenvalue weighted by atomic mass is 10.1. The molecule has 2 N–H and O–H groups in total. The summed E-state index contributed by atoms with van der Waals surface area (Å²) in [5.74, 6) is 2.68. The largest absolute Gasteiger partial charge is 0.354 e. The highest BCUT2D eigenvalue weighted by molar-refractivity contribution is 5.43. The molecule has 0 saturated heterocycles. The van der Waals surface area contributed by atoms with Crippen LogP contribution in [0.3, 0.4) is 0 Å². The lowest BCUT2D eigenvalue weighted by Gasteiger charge is -2.19. The molecule has 1 rings (SSSR count). The number of nitrogens with zero attached hydrogens (tertiary/aromatic N) is 4. The Balaban J connectivity index is 2.86. The molecule has 6 heteroatoms. The second-order valence-electron chi connectivity index (χ2n) is 5.09. The molecule has 0 atom stereocenters. The summed E-state index contributed by atoms with van der Waals surface area (Å²) in [6.45, 7) is 14.1. The Hall–Kier alpha value is -1.59. The number of anilines is 3. The second-order valence-corrected chi connectivity index (χ2v) is 5.09. The predicted octanol–water partition coefficient (Wildman–Crippen LogP) is 2.61. The molecule has 20 heavy (non-hydrogen) atoms. The van der Waals surface area contributed by atoms with Crippen molar-refractivity contribution in [1.82, 2.24) is 15.0 Å². The normalized spacial score (nSPS) is 10.7. The Morgan fingerprint density at radius 2 is 1.55 bits per heavy atom. The van der Waals surface area contributed by atoms with Crippen LogP contribution in [0.25, 0.3) is 0 Å². The maximum atomic E-state index is 4.51. The number of hydrogen-bond acceptors (Lipinski definition) is 6. The number of rotatable bonds is 9. The van der Waals surface area contributed by atoms with Gasteiger partial charge in [0.05, 0.1) is 0 Å². The van der Waals surface area contributed by atoms with Crippen molar-refractivity contribution in [2.75, 3.05) is 41.7 Å². The molecule has 114 valence electrons. The zero-order valence-corrected chi connectivity index (χ0v) is 13.4. The van der Waals surface area contributed by atoms with E-state index < -0.39 is 0 Å². The van der Waals surface area contributed by atoms with Crippen molar-refractivity contribution < 1.29 is 0 Å². The predicted molar refractivity (Wildman–Crippen MR) is 85.5 cm³/mol. The first-order valence-electron chi connectivity index (χ1n) is 7.59. The summed E-state index contributed by atoms with van der Waals surface area (Å²) in [5.41, 5.74) is 0. The summed E-state index contributed by atoms with van der Waals surface area (Å²) in [6, 6.07) is 0. The summed E-state index contributed by atoms with van der Waals surface area (Å²) in [4.78, 5) is 15.5. The van der Waals surface area contributed by atoms with E-state index in [0.717, 1.165) is 38.5 Å². The van der Waals surface area contributed by atoms with Gasteiger partial charge in [0.2, 0.25) is 17.8 Å². The number of hydrogen-bond donors (Lipinski definition) is 2. The minimum Gasteiger partial charge on any atom is -0.354 e. The second kappa shape index (κ2) is 8.55. The first-order chi connectivity index (χ1) is 9.60. The van der Waals surface area contributed by atoms with Crippen molar-refractivity contribution in [3.8, 4) is 0 Å². The third kappa shape index (κ3) is 5.19. The molecule has 0 saturated carbocycles. The fraction of sp³-hybridized carbons (Fsp3) is 0.786. The molecule has 0 spiro atoms. The van der Waals surface area contributed by atoms with Gasteiger partial charge in [0, 0.05) is 26.2 Å². The monoisotopic (exact) mass is 280 g/mol. The SMILES string of the molecule is CCNc1nc(NCCC(C)C)nc(N(CC)CC)n1. The Morgan fingerprint density at radius 1 is 0.950 bits per heavy atom. The van der Waals surface area contributed by atoms with E-state index in [-0.39, 0.29) is 0 Å². The molecule has 6 nitrogen and oxygen atoms in total. The quantitative estimate of drug-likeness (QED) is 0.725. The van der Waals surface area contributed by atoms with E-state index in [1.54, 1.807) is 0 Å². The van der Waals surface area contributed by atoms with Gasteiger partial charge in [-0.3, -0.25) is 0 Å². The van der Waals surface area contributed by atoms with Crippen LogP contribution >= 0.6 is 0 Å². The zero-order valence-electron chi connectivity index (χ0n) is 13.4. The van der Waals surface area contributed by atoms with Crippen molar-refractivity contribution in [2.45, 2.75) is 41.0 Å². The van der Waals surface area contributed by atoms with Gasteiger partial charge in [-0.25, -0.2) is 0 Å². The lowest BCUT2D eigenvalue weighted by Crippen LogP contribution is -2.25. The first kappa shape index (κ1) is 16.5. The van der Waals surface area contributed by atoms with Gasteiger partial charge in [0.25, 0.3) is 0 Å². The number of aromatic nitrogens is 3. The highest BCUT2D eigenvalue weighted by atomic mass is 15.3. The van der Waals surface area contributed by atoms with Crippen LogP contribution in [0.2, 0.25) is 0 Å². The molecule has 0 aliphatic carbocycles. The molecule has 0 unspecified atom stereocenters. The number of nitrogens with one attached hydrogen (secondary N) is 2. The molecule has 0 fully saturated rings. The molecular formula is C14H28N6. The first-order valence-corrected chi connectivity index (χ1v) is 7.59. The third-order valence-electron chi connectivity index (χ3n) is 3.01. The maximum Gasteiger partial charge on any atom is 0.231 e. The molecule has 1 heterocycles. The summed E-state index contributed by atoms with van der Waals surface area (Å²) in [5, 5.41) is 6.45. The van der Waals surface area contributed by atoms with Gasteiger partial charge in [0.1, 0.15) is 0 Å². The standard InChI is InChI=1S/C14H28N6/c1-6-15-12-17-13(16-10-9-11(4)5)19-14(18-12)20(7-2)8-3/h11H,6-10H2,1-5H3,(H2,15,16,17,18,19). The van der Waals surface area contributed by atoms with Gasteiger partial charge in [-0.05, 0) is 33.1 Å². The zero-order chi connectivity index (χ0) is 15.0. The molecule has 1 aromatic heterocycles. The molecule has 0 aromatic carbocycles. The van der Waals surface area contributed by atoms with E-state index in [9.17, 15) is 0 Å². The Labute approximate surface area is 122 Å². The van der Waals surface area contributed by atoms with Crippen LogP contribution in [0.15, 0.2) is 0 Å². The molecule has 0 aliphatic heterocycles. The lowest BCUT2D eigenvalue weighted by molar-refractivity contribution is 0.605. The van der Waals surface area contributed by atoms with Gasteiger partial charge in [-0.1, -0.05) is 13.8 Å². The van der Waals surface area contributed by atoms with Gasteiger partial charge in [0.15, 0.2) is 0 Å². The third-order valence-corrected chi connectivity index (χ3v) is 3.01. The van der Waals surface area contributed by atoms with Crippen LogP contribution in [0.1, 0.15) is 41.0 Å². The van der Waals surface area contributed by atoms with E-state index >= 15 is 0 Å². The van der Waals surface area contributed by atoms with Crippen LogP contribution in [0.4, 0.5) is 17.8 Å². The average Bonchev–Trinajstić information content (AvgIpc) is 2.40. The van der Waals surface area contributed by atoms with Crippen LogP contribution in [-0.4, -0.2) is 41.1 Å². The molecule has 0 radical (unpaired) electrons. The van der Waals surface area contributed by atoms with E-state index in [1.165, 1.54) is 0 Å². The molecule has 0 bridgehead atoms. The van der Waals surface area contributed by atoms with Crippen LogP contribution < -0.4 is 15.5 Å². The van der Waals surface area contributed by atoms with E-state index in [1.807, 2.05) is 6.92 Å². The Morgan fingerprint density at radius 3 is 2.05 bits per heavy atom. The Bertz CT molecular complexity index is 389. The minimum atomic E-state index is 0.636. The van der Waals surface area contributed by atoms with Crippen molar-refractivity contribution >= 4 is 17.8 Å². The molecule has 1 aromatic rings. The highest BCUT2D eigenvalue weighted by Gasteiger charge is 2.10. The smallest absolute Gasteiger partial charge is 0.231 e. The molecule has 0 aliphatic rings. The summed E-state index contributed by atoms with van der Waals surface area (Å²) < 4.78 is 0. The van der Waals surface area contributed by atoms with Crippen molar-refractivity contribution in [3.05, 3.63) is 0 Å². The fourth-order valence-electron chi connectivity index (χ4n) is 1.80. The van der Waals surface area contributed by atoms with Gasteiger partial charge in [-0.2, -0.15) is 15.0 Å². The van der Waals surface area contributed by atoms with Crippen molar-refractivity contribution in [2.24, 2.45) is 5.92 Å². The maximum absolute atomic E-state index is 4.51. The highest BCUT2D eigenvalue weighted by Crippen LogP contribution is 2.13. The average molecular weight is 280 g/mol. The fourth-order valence-corrected chi connectivity index (χ4v) is 1.80. The minimum absolute atomic E-state index is 0.636. The summed E-state index contributed by atoms with van der Waals surface area (Å²) in [6.07, 6.45) is 1.10. The van der Waals surface area contributed by atoms with Crippen LogP contribution in [0.5, 0.6) is 0 Å². The summed E-state index contributed by atoms with van der Waals surface area (Å²) in [7, 11) is 0. The summed E-state index contributed by atoms with van der Waals surface area (Å²) >= 11 is 0. The van der Waals surface area contributed by atoms with E-state index in [0.29, 0.717) is 17.8 Å². The van der Waals surface area contributed by atoms with Crippen LogP contribution in [0, 0.1) is 5.92 Å². The van der Waals surface area contributed by atoms with Crippen molar-refractivity contribution in [3.63, 3.8) is 0 Å². The van der Waals surface area contributed by atoms with Gasteiger partial charge < -0.3 is 15.5 Å². The van der Waals surface area contributed by atoms with Crippen molar-refractivity contribution in [1.29, 1.82) is 0 Å². The molecular weight excluding hydrogens is 252 g/mol. The van der Waals surface area contributed by atoms with E-state index in [4.69, 9.17) is 0 Å². The Kier molecular flexibility index (Phi) is 7.04. The van der Waals surface area contributed by atoms with E-state index in [2.05, 4.69) is 58.2 Å². The van der Waals surface area contributed by atoms with Gasteiger partial charge >= 0.3 is 0 Å². The topological polar surface area (TPSA) is 66.0 Å².